The number of aryl methyl sites for hydroxylation is 1. The fourth-order valence-corrected chi connectivity index (χ4v) is 5.96. The molecule has 128 valence electrons. The predicted octanol–water partition coefficient (Wildman–Crippen LogP) is 2.29. The molecule has 3 atom stereocenters. The van der Waals surface area contributed by atoms with Crippen LogP contribution in [0.25, 0.3) is 10.9 Å². The van der Waals surface area contributed by atoms with Crippen molar-refractivity contribution in [1.82, 2.24) is 9.29 Å². The van der Waals surface area contributed by atoms with E-state index in [0.717, 1.165) is 30.2 Å². The van der Waals surface area contributed by atoms with Crippen molar-refractivity contribution < 1.29 is 8.42 Å². The Balaban J connectivity index is 1.74. The molecule has 2 N–H and O–H groups in total. The van der Waals surface area contributed by atoms with Gasteiger partial charge < -0.3 is 5.73 Å². The summed E-state index contributed by atoms with van der Waals surface area (Å²) in [5.41, 5.74) is 7.82. The lowest BCUT2D eigenvalue weighted by atomic mass is 9.78. The third-order valence-corrected chi connectivity index (χ3v) is 7.41. The summed E-state index contributed by atoms with van der Waals surface area (Å²) in [7, 11) is -3.54. The minimum absolute atomic E-state index is 0.122. The van der Waals surface area contributed by atoms with E-state index in [1.54, 1.807) is 22.6 Å². The number of fused-ring (bicyclic) bond motifs is 2. The van der Waals surface area contributed by atoms with Gasteiger partial charge in [0.2, 0.25) is 10.0 Å². The van der Waals surface area contributed by atoms with Crippen LogP contribution >= 0.6 is 0 Å². The molecule has 24 heavy (non-hydrogen) atoms. The number of sulfonamides is 1. The second kappa shape index (κ2) is 5.79. The highest BCUT2D eigenvalue weighted by Crippen LogP contribution is 2.38. The molecule has 0 spiro atoms. The SMILES string of the molecule is Cc1cnc2c(S(=O)(=O)N3CC4CCCC(N)C4C3)cccc2c1. The summed E-state index contributed by atoms with van der Waals surface area (Å²) in [6, 6.07) is 7.47. The van der Waals surface area contributed by atoms with Crippen molar-refractivity contribution in [2.45, 2.75) is 37.1 Å². The molecule has 1 saturated carbocycles. The van der Waals surface area contributed by atoms with E-state index in [2.05, 4.69) is 4.98 Å². The molecule has 2 aliphatic rings. The van der Waals surface area contributed by atoms with Crippen LogP contribution in [0.5, 0.6) is 0 Å². The van der Waals surface area contributed by atoms with Crippen molar-refractivity contribution in [3.63, 3.8) is 0 Å². The molecule has 1 aliphatic carbocycles. The molecule has 0 bridgehead atoms. The largest absolute Gasteiger partial charge is 0.327 e. The number of pyridine rings is 1. The maximum absolute atomic E-state index is 13.2. The second-order valence-corrected chi connectivity index (χ2v) is 9.09. The molecular formula is C18H23N3O2S. The highest BCUT2D eigenvalue weighted by atomic mass is 32.2. The number of para-hydroxylation sites is 1. The summed E-state index contributed by atoms with van der Waals surface area (Å²) in [4.78, 5) is 4.71. The van der Waals surface area contributed by atoms with Gasteiger partial charge in [0.25, 0.3) is 0 Å². The molecule has 1 aromatic carbocycles. The summed E-state index contributed by atoms with van der Waals surface area (Å²) >= 11 is 0. The zero-order valence-corrected chi connectivity index (χ0v) is 14.7. The first kappa shape index (κ1) is 16.0. The Morgan fingerprint density at radius 3 is 2.88 bits per heavy atom. The van der Waals surface area contributed by atoms with Gasteiger partial charge in [0, 0.05) is 30.7 Å². The van der Waals surface area contributed by atoms with E-state index in [0.29, 0.717) is 35.3 Å². The Labute approximate surface area is 142 Å². The molecule has 2 aromatic rings. The van der Waals surface area contributed by atoms with E-state index in [9.17, 15) is 8.42 Å². The smallest absolute Gasteiger partial charge is 0.245 e. The van der Waals surface area contributed by atoms with E-state index >= 15 is 0 Å². The Bertz CT molecular complexity index is 881. The fourth-order valence-electron chi connectivity index (χ4n) is 4.26. The van der Waals surface area contributed by atoms with Crippen molar-refractivity contribution in [2.75, 3.05) is 13.1 Å². The van der Waals surface area contributed by atoms with E-state index in [1.165, 1.54) is 0 Å². The van der Waals surface area contributed by atoms with Crippen LogP contribution in [0.2, 0.25) is 0 Å². The average molecular weight is 345 g/mol. The highest BCUT2D eigenvalue weighted by molar-refractivity contribution is 7.89. The summed E-state index contributed by atoms with van der Waals surface area (Å²) in [6.45, 7) is 3.08. The number of hydrogen-bond donors (Lipinski definition) is 1. The predicted molar refractivity (Wildman–Crippen MR) is 94.0 cm³/mol. The van der Waals surface area contributed by atoms with Gasteiger partial charge in [-0.05, 0) is 49.3 Å². The second-order valence-electron chi connectivity index (χ2n) is 7.18. The topological polar surface area (TPSA) is 76.3 Å². The van der Waals surface area contributed by atoms with Gasteiger partial charge >= 0.3 is 0 Å². The number of nitrogens with two attached hydrogens (primary N) is 1. The third-order valence-electron chi connectivity index (χ3n) is 5.55. The Kier molecular flexibility index (Phi) is 3.86. The summed E-state index contributed by atoms with van der Waals surface area (Å²) < 4.78 is 28.1. The van der Waals surface area contributed by atoms with Gasteiger partial charge in [-0.25, -0.2) is 8.42 Å². The molecule has 1 aliphatic heterocycles. The van der Waals surface area contributed by atoms with E-state index in [-0.39, 0.29) is 6.04 Å². The van der Waals surface area contributed by atoms with Crippen LogP contribution in [0.15, 0.2) is 35.4 Å². The number of nitrogens with zero attached hydrogens (tertiary/aromatic N) is 2. The van der Waals surface area contributed by atoms with Gasteiger partial charge in [0.15, 0.2) is 0 Å². The summed E-state index contributed by atoms with van der Waals surface area (Å²) in [5, 5.41) is 0.865. The van der Waals surface area contributed by atoms with Crippen LogP contribution in [0.4, 0.5) is 0 Å². The van der Waals surface area contributed by atoms with Gasteiger partial charge in [0.1, 0.15) is 4.90 Å². The average Bonchev–Trinajstić information content (AvgIpc) is 3.00. The van der Waals surface area contributed by atoms with Crippen molar-refractivity contribution in [1.29, 1.82) is 0 Å². The first-order valence-electron chi connectivity index (χ1n) is 8.58. The van der Waals surface area contributed by atoms with Crippen LogP contribution in [0.1, 0.15) is 24.8 Å². The van der Waals surface area contributed by atoms with Crippen LogP contribution in [-0.4, -0.2) is 36.8 Å². The van der Waals surface area contributed by atoms with Gasteiger partial charge in [-0.15, -0.1) is 0 Å². The Hall–Kier alpha value is -1.50. The third kappa shape index (κ3) is 2.53. The van der Waals surface area contributed by atoms with E-state index < -0.39 is 10.0 Å². The maximum atomic E-state index is 13.2. The first-order chi connectivity index (χ1) is 11.5. The van der Waals surface area contributed by atoms with Crippen molar-refractivity contribution >= 4 is 20.9 Å². The van der Waals surface area contributed by atoms with Crippen molar-refractivity contribution in [3.05, 3.63) is 36.0 Å². The molecule has 4 rings (SSSR count). The van der Waals surface area contributed by atoms with Crippen molar-refractivity contribution in [3.8, 4) is 0 Å². The Morgan fingerprint density at radius 2 is 2.08 bits per heavy atom. The highest BCUT2D eigenvalue weighted by Gasteiger charge is 2.43. The molecule has 5 nitrogen and oxygen atoms in total. The van der Waals surface area contributed by atoms with Crippen LogP contribution in [0.3, 0.4) is 0 Å². The Morgan fingerprint density at radius 1 is 1.25 bits per heavy atom. The van der Waals surface area contributed by atoms with E-state index in [1.807, 2.05) is 19.1 Å². The molecule has 6 heteroatoms. The van der Waals surface area contributed by atoms with Gasteiger partial charge in [0.05, 0.1) is 5.52 Å². The van der Waals surface area contributed by atoms with Crippen molar-refractivity contribution in [2.24, 2.45) is 17.6 Å². The molecule has 1 saturated heterocycles. The van der Waals surface area contributed by atoms with Gasteiger partial charge in [-0.3, -0.25) is 4.98 Å². The quantitative estimate of drug-likeness (QED) is 0.906. The molecule has 2 fully saturated rings. The fraction of sp³-hybridized carbons (Fsp3) is 0.500. The minimum atomic E-state index is -3.54. The maximum Gasteiger partial charge on any atom is 0.245 e. The summed E-state index contributed by atoms with van der Waals surface area (Å²) in [6.07, 6.45) is 4.91. The molecular weight excluding hydrogens is 322 g/mol. The van der Waals surface area contributed by atoms with E-state index in [4.69, 9.17) is 5.73 Å². The molecule has 1 aromatic heterocycles. The zero-order valence-electron chi connectivity index (χ0n) is 13.9. The summed E-state index contributed by atoms with van der Waals surface area (Å²) in [5.74, 6) is 0.687. The van der Waals surface area contributed by atoms with Crippen LogP contribution in [-0.2, 0) is 10.0 Å². The van der Waals surface area contributed by atoms with Gasteiger partial charge in [-0.2, -0.15) is 4.31 Å². The monoisotopic (exact) mass is 345 g/mol. The number of rotatable bonds is 2. The molecule has 0 amide bonds. The lowest BCUT2D eigenvalue weighted by molar-refractivity contribution is 0.260. The molecule has 2 heterocycles. The number of aromatic nitrogens is 1. The lowest BCUT2D eigenvalue weighted by Crippen LogP contribution is -2.38. The number of hydrogen-bond acceptors (Lipinski definition) is 4. The molecule has 0 radical (unpaired) electrons. The van der Waals surface area contributed by atoms with Crippen LogP contribution in [0, 0.1) is 18.8 Å². The lowest BCUT2D eigenvalue weighted by Gasteiger charge is -2.29. The first-order valence-corrected chi connectivity index (χ1v) is 10.0. The van der Waals surface area contributed by atoms with Gasteiger partial charge in [-0.1, -0.05) is 18.6 Å². The number of benzene rings is 1. The standard InChI is InChI=1S/C18H23N3O2S/c1-12-8-13-4-3-7-17(18(13)20-9-12)24(22,23)21-10-14-5-2-6-16(19)15(14)11-21/h3-4,7-9,14-16H,2,5-6,10-11,19H2,1H3. The zero-order chi connectivity index (χ0) is 16.9. The molecule has 3 unspecified atom stereocenters. The normalized spacial score (nSPS) is 28.2. The minimum Gasteiger partial charge on any atom is -0.327 e. The van der Waals surface area contributed by atoms with Crippen LogP contribution < -0.4 is 5.73 Å².